The van der Waals surface area contributed by atoms with E-state index in [2.05, 4.69) is 5.32 Å². The van der Waals surface area contributed by atoms with Crippen LogP contribution in [0.25, 0.3) is 0 Å². The predicted molar refractivity (Wildman–Crippen MR) is 137 cm³/mol. The van der Waals surface area contributed by atoms with Gasteiger partial charge in [-0.05, 0) is 34.8 Å². The molecule has 0 aliphatic rings. The third kappa shape index (κ3) is 5.10. The maximum atomic E-state index is 13.1. The lowest BCUT2D eigenvalue weighted by Gasteiger charge is -2.42. The number of hydrogen-bond acceptors (Lipinski definition) is 5. The summed E-state index contributed by atoms with van der Waals surface area (Å²) in [5.41, 5.74) is 0.360. The molecule has 0 fully saturated rings. The van der Waals surface area contributed by atoms with Gasteiger partial charge < -0.3 is 14.8 Å². The third-order valence-electron chi connectivity index (χ3n) is 6.12. The maximum absolute atomic E-state index is 13.1. The zero-order valence-electron chi connectivity index (χ0n) is 19.7. The van der Waals surface area contributed by atoms with Gasteiger partial charge in [0, 0.05) is 10.8 Å². The van der Waals surface area contributed by atoms with Crippen LogP contribution in [0.15, 0.2) is 66.7 Å². The number of rotatable bonds is 8. The van der Waals surface area contributed by atoms with Gasteiger partial charge >= 0.3 is 5.97 Å². The first-order valence-corrected chi connectivity index (χ1v) is 13.7. The number of anilines is 1. The Hall–Kier alpha value is -2.74. The first kappa shape index (κ1) is 24.9. The maximum Gasteiger partial charge on any atom is 0.340 e. The first-order valence-electron chi connectivity index (χ1n) is 10.9. The number of esters is 1. The Kier molecular flexibility index (Phi) is 7.57. The quantitative estimate of drug-likeness (QED) is 0.371. The SMILES string of the molecule is COC(=O)c1cc(C)sc1NC(=O)C(C)CC(C)(C)[Si](O)(c1ccccc1)c1ccccc1. The van der Waals surface area contributed by atoms with Gasteiger partial charge in [-0.25, -0.2) is 4.79 Å². The monoisotopic (exact) mass is 481 g/mol. The van der Waals surface area contributed by atoms with Gasteiger partial charge in [0.2, 0.25) is 5.91 Å². The molecule has 2 N–H and O–H groups in total. The molecule has 1 heterocycles. The molecule has 1 unspecified atom stereocenters. The van der Waals surface area contributed by atoms with Gasteiger partial charge in [-0.1, -0.05) is 81.4 Å². The standard InChI is InChI=1S/C26H31NO4SSi/c1-18(23(28)27-24-22(25(29)31-5)16-19(2)32-24)17-26(3,4)33(30,20-12-8-6-9-13-20)21-14-10-7-11-15-21/h6-16,18,30H,17H2,1-5H3,(H,27,28). The second-order valence-corrected chi connectivity index (χ2v) is 14.2. The fraction of sp³-hybridized carbons (Fsp3) is 0.308. The van der Waals surface area contributed by atoms with E-state index in [4.69, 9.17) is 4.74 Å². The van der Waals surface area contributed by atoms with Crippen molar-refractivity contribution in [3.8, 4) is 0 Å². The number of amides is 1. The van der Waals surface area contributed by atoms with Gasteiger partial charge in [-0.15, -0.1) is 11.3 Å². The summed E-state index contributed by atoms with van der Waals surface area (Å²) in [6.07, 6.45) is 0.475. The molecular weight excluding hydrogens is 450 g/mol. The average molecular weight is 482 g/mol. The lowest BCUT2D eigenvalue weighted by Crippen LogP contribution is -2.65. The Morgan fingerprint density at radius 2 is 1.58 bits per heavy atom. The predicted octanol–water partition coefficient (Wildman–Crippen LogP) is 4.34. The summed E-state index contributed by atoms with van der Waals surface area (Å²) in [6.45, 7) is 7.82. The van der Waals surface area contributed by atoms with Crippen LogP contribution < -0.4 is 15.7 Å². The van der Waals surface area contributed by atoms with E-state index in [1.54, 1.807) is 6.07 Å². The van der Waals surface area contributed by atoms with E-state index in [9.17, 15) is 14.4 Å². The van der Waals surface area contributed by atoms with Crippen molar-refractivity contribution in [3.63, 3.8) is 0 Å². The highest BCUT2D eigenvalue weighted by Crippen LogP contribution is 2.41. The summed E-state index contributed by atoms with van der Waals surface area (Å²) in [7, 11) is -1.89. The fourth-order valence-corrected chi connectivity index (χ4v) is 9.17. The van der Waals surface area contributed by atoms with Crippen molar-refractivity contribution in [2.24, 2.45) is 5.92 Å². The van der Waals surface area contributed by atoms with Crippen LogP contribution in [0.2, 0.25) is 5.04 Å². The highest BCUT2D eigenvalue weighted by molar-refractivity contribution is 7.16. The Bertz CT molecular complexity index is 1070. The van der Waals surface area contributed by atoms with Gasteiger partial charge in [0.15, 0.2) is 0 Å². The largest absolute Gasteiger partial charge is 0.465 e. The van der Waals surface area contributed by atoms with Crippen molar-refractivity contribution in [1.29, 1.82) is 0 Å². The summed E-state index contributed by atoms with van der Waals surface area (Å²) >= 11 is 1.35. The van der Waals surface area contributed by atoms with Crippen LogP contribution in [0.3, 0.4) is 0 Å². The highest BCUT2D eigenvalue weighted by atomic mass is 32.1. The molecule has 2 aromatic carbocycles. The molecule has 3 rings (SSSR count). The number of benzene rings is 2. The molecule has 1 atom stereocenters. The molecule has 7 heteroatoms. The summed E-state index contributed by atoms with van der Waals surface area (Å²) in [5.74, 6) is -1.05. The molecule has 1 aromatic heterocycles. The van der Waals surface area contributed by atoms with E-state index >= 15 is 0 Å². The molecule has 5 nitrogen and oxygen atoms in total. The van der Waals surface area contributed by atoms with Gasteiger partial charge in [-0.2, -0.15) is 0 Å². The minimum Gasteiger partial charge on any atom is -0.465 e. The van der Waals surface area contributed by atoms with E-state index in [1.165, 1.54) is 18.4 Å². The molecule has 0 aliphatic heterocycles. The highest BCUT2D eigenvalue weighted by Gasteiger charge is 2.50. The van der Waals surface area contributed by atoms with Crippen molar-refractivity contribution < 1.29 is 19.1 Å². The molecule has 0 saturated carbocycles. The van der Waals surface area contributed by atoms with Gasteiger partial charge in [-0.3, -0.25) is 4.79 Å². The van der Waals surface area contributed by atoms with Crippen LogP contribution in [0, 0.1) is 12.8 Å². The average Bonchev–Trinajstić information content (AvgIpc) is 3.18. The van der Waals surface area contributed by atoms with Gasteiger partial charge in [0.25, 0.3) is 8.32 Å². The van der Waals surface area contributed by atoms with E-state index in [0.29, 0.717) is 17.0 Å². The molecular formula is C26H31NO4SSi. The lowest BCUT2D eigenvalue weighted by molar-refractivity contribution is -0.119. The van der Waals surface area contributed by atoms with Crippen molar-refractivity contribution >= 4 is 46.9 Å². The van der Waals surface area contributed by atoms with E-state index in [0.717, 1.165) is 15.3 Å². The van der Waals surface area contributed by atoms with Crippen molar-refractivity contribution in [1.82, 2.24) is 0 Å². The normalized spacial score (nSPS) is 12.8. The first-order chi connectivity index (χ1) is 15.6. The molecule has 0 aliphatic carbocycles. The molecule has 3 aromatic rings. The Labute approximate surface area is 200 Å². The molecule has 33 heavy (non-hydrogen) atoms. The topological polar surface area (TPSA) is 75.6 Å². The summed E-state index contributed by atoms with van der Waals surface area (Å²) < 4.78 is 4.84. The van der Waals surface area contributed by atoms with Gasteiger partial charge in [0.05, 0.1) is 12.7 Å². The van der Waals surface area contributed by atoms with Crippen LogP contribution in [-0.2, 0) is 9.53 Å². The van der Waals surface area contributed by atoms with Crippen LogP contribution in [0.5, 0.6) is 0 Å². The molecule has 174 valence electrons. The smallest absolute Gasteiger partial charge is 0.340 e. The Morgan fingerprint density at radius 1 is 1.06 bits per heavy atom. The van der Waals surface area contributed by atoms with Crippen molar-refractivity contribution in [3.05, 3.63) is 77.2 Å². The van der Waals surface area contributed by atoms with Crippen molar-refractivity contribution in [2.75, 3.05) is 12.4 Å². The minimum atomic E-state index is -3.21. The summed E-state index contributed by atoms with van der Waals surface area (Å²) in [4.78, 5) is 38.4. The number of carbonyl (C=O) groups is 2. The van der Waals surface area contributed by atoms with Crippen LogP contribution >= 0.6 is 11.3 Å². The van der Waals surface area contributed by atoms with Crippen LogP contribution in [-0.4, -0.2) is 32.1 Å². The van der Waals surface area contributed by atoms with Crippen LogP contribution in [0.1, 0.15) is 42.4 Å². The number of thiophene rings is 1. The van der Waals surface area contributed by atoms with E-state index in [-0.39, 0.29) is 11.8 Å². The molecule has 1 amide bonds. The lowest BCUT2D eigenvalue weighted by atomic mass is 9.97. The Balaban J connectivity index is 1.89. The fourth-order valence-electron chi connectivity index (χ4n) is 4.42. The van der Waals surface area contributed by atoms with Crippen molar-refractivity contribution in [2.45, 2.75) is 39.2 Å². The zero-order valence-corrected chi connectivity index (χ0v) is 21.5. The second kappa shape index (κ2) is 10.0. The second-order valence-electron chi connectivity index (χ2n) is 9.01. The molecule has 0 bridgehead atoms. The number of nitrogens with one attached hydrogen (secondary N) is 1. The number of methoxy groups -OCH3 is 1. The third-order valence-corrected chi connectivity index (χ3v) is 11.6. The molecule has 0 saturated heterocycles. The number of aryl methyl sites for hydroxylation is 1. The van der Waals surface area contributed by atoms with E-state index in [1.807, 2.05) is 88.4 Å². The number of ether oxygens (including phenoxy) is 1. The number of hydrogen-bond donors (Lipinski definition) is 2. The van der Waals surface area contributed by atoms with E-state index < -0.39 is 19.3 Å². The summed E-state index contributed by atoms with van der Waals surface area (Å²) in [5, 5.41) is 4.68. The summed E-state index contributed by atoms with van der Waals surface area (Å²) in [6, 6.07) is 21.3. The zero-order chi connectivity index (χ0) is 24.2. The number of carbonyl (C=O) groups excluding carboxylic acids is 2. The van der Waals surface area contributed by atoms with Gasteiger partial charge in [0.1, 0.15) is 5.00 Å². The van der Waals surface area contributed by atoms with Crippen LogP contribution in [0.4, 0.5) is 5.00 Å². The molecule has 0 spiro atoms. The Morgan fingerprint density at radius 3 is 2.06 bits per heavy atom. The molecule has 0 radical (unpaired) electrons. The minimum absolute atomic E-state index is 0.187.